The van der Waals surface area contributed by atoms with E-state index in [1.54, 1.807) is 0 Å². The van der Waals surface area contributed by atoms with E-state index < -0.39 is 26.2 Å². The van der Waals surface area contributed by atoms with Crippen molar-refractivity contribution in [3.05, 3.63) is 0 Å². The van der Waals surface area contributed by atoms with Crippen molar-refractivity contribution in [3.63, 3.8) is 0 Å². The second-order valence-electron chi connectivity index (χ2n) is 0.352. The van der Waals surface area contributed by atoms with Gasteiger partial charge in [0.15, 0.2) is 0 Å². The molecule has 0 amide bonds. The molecule has 32 valence electrons. The smallest absolute Gasteiger partial charge is 0.210 e. The van der Waals surface area contributed by atoms with Crippen molar-refractivity contribution in [2.24, 2.45) is 0 Å². The zero-order valence-electron chi connectivity index (χ0n) is 12.4. The largest absolute Gasteiger partial charge is 0.396 e. The van der Waals surface area contributed by atoms with Gasteiger partial charge < -0.3 is 5.11 Å². The van der Waals surface area contributed by atoms with Crippen LogP contribution in [0, 0.1) is 0 Å². The Bertz CT molecular complexity index is 228. The molecular weight excluding hydrogens is 64.0 g/mol. The van der Waals surface area contributed by atoms with Gasteiger partial charge in [-0.25, -0.2) is 0 Å². The van der Waals surface area contributed by atoms with Crippen molar-refractivity contribution in [1.82, 2.24) is 0 Å². The van der Waals surface area contributed by atoms with E-state index >= 15 is 0 Å². The van der Waals surface area contributed by atoms with Gasteiger partial charge in [0.05, 0.1) is 2.74 Å². The molecule has 0 aliphatic rings. The maximum absolute atomic E-state index is 7.10. The maximum atomic E-state index is 7.10. The molecule has 0 bridgehead atoms. The van der Waals surface area contributed by atoms with E-state index in [9.17, 15) is 0 Å². The van der Waals surface area contributed by atoms with Gasteiger partial charge in [0.1, 0.15) is 0 Å². The van der Waals surface area contributed by atoms with Gasteiger partial charge >= 0.3 is 0 Å². The van der Waals surface area contributed by atoms with Gasteiger partial charge in [0.25, 0.3) is 0 Å². The molecule has 0 radical (unpaired) electrons. The molecule has 0 saturated heterocycles. The summed E-state index contributed by atoms with van der Waals surface area (Å²) >= 11 is 0. The predicted molar refractivity (Wildman–Crippen MR) is 22.0 cm³/mol. The fourth-order valence-electron chi connectivity index (χ4n) is 0.0255. The summed E-state index contributed by atoms with van der Waals surface area (Å²) in [6, 6.07) is 0. The van der Waals surface area contributed by atoms with E-state index in [1.807, 2.05) is 0 Å². The van der Waals surface area contributed by atoms with E-state index in [-0.39, 0.29) is 0 Å². The third-order valence-electron chi connectivity index (χ3n) is 0.114. The van der Waals surface area contributed by atoms with Crippen molar-refractivity contribution in [2.75, 3.05) is 6.56 Å². The van der Waals surface area contributed by atoms with Crippen molar-refractivity contribution in [1.29, 1.82) is 1.43 Å². The van der Waals surface area contributed by atoms with Crippen molar-refractivity contribution in [2.45, 2.75) is 19.6 Å². The van der Waals surface area contributed by atoms with Crippen LogP contribution in [0.4, 0.5) is 0 Å². The molecule has 0 rings (SSSR count). The zero-order valence-corrected chi connectivity index (χ0v) is 2.41. The van der Waals surface area contributed by atoms with Crippen LogP contribution in [0.3, 0.4) is 0 Å². The van der Waals surface area contributed by atoms with Crippen LogP contribution in [0.2, 0.25) is 0 Å². The lowest BCUT2D eigenvalue weighted by Gasteiger charge is -1.79. The van der Waals surface area contributed by atoms with E-state index in [1.165, 1.54) is 0 Å². The fourth-order valence-corrected chi connectivity index (χ4v) is 0.0255. The van der Waals surface area contributed by atoms with Gasteiger partial charge in [-0.1, -0.05) is 13.2 Å². The molecule has 0 atom stereocenters. The van der Waals surface area contributed by atoms with E-state index in [4.69, 9.17) is 13.8 Å². The Morgan fingerprint density at radius 2 is 3.40 bits per heavy atom. The van der Waals surface area contributed by atoms with Gasteiger partial charge in [-0.05, 0) is 6.37 Å². The summed E-state index contributed by atoms with van der Waals surface area (Å²) in [5.41, 5.74) is 0. The lowest BCUT2D eigenvalue weighted by molar-refractivity contribution is 0.287. The van der Waals surface area contributed by atoms with Crippen molar-refractivity contribution < 1.29 is 17.4 Å². The molecule has 1 nitrogen and oxygen atoms in total. The third kappa shape index (κ3) is 3.96. The van der Waals surface area contributed by atoms with Crippen LogP contribution < -0.4 is 0 Å². The van der Waals surface area contributed by atoms with Crippen LogP contribution >= 0.6 is 0 Å². The van der Waals surface area contributed by atoms with E-state index in [2.05, 4.69) is 5.11 Å². The summed E-state index contributed by atoms with van der Waals surface area (Å²) < 4.78 is 68.8. The molecule has 0 aliphatic carbocycles. The lowest BCUT2D eigenvalue weighted by atomic mass is 10.4. The minimum atomic E-state index is -3.48. The Morgan fingerprint density at radius 3 is 4.00 bits per heavy atom. The normalized spacial score (nSPS) is 48.8. The molecule has 1 heteroatoms. The van der Waals surface area contributed by atoms with Crippen molar-refractivity contribution >= 4 is 0 Å². The third-order valence-corrected chi connectivity index (χ3v) is 0.114. The molecule has 0 saturated carbocycles. The lowest BCUT2D eigenvalue weighted by Crippen LogP contribution is -1.75. The topological polar surface area (TPSA) is 20.2 Å². The summed E-state index contributed by atoms with van der Waals surface area (Å²) in [6.07, 6.45) is -6.95. The summed E-state index contributed by atoms with van der Waals surface area (Å²) in [4.78, 5) is 0. The first-order valence-electron chi connectivity index (χ1n) is 5.86. The molecule has 0 aromatic carbocycles. The van der Waals surface area contributed by atoms with E-state index in [0.717, 1.165) is 0 Å². The Morgan fingerprint density at radius 1 is 2.40 bits per heavy atom. The Balaban J connectivity index is 5.38. The van der Waals surface area contributed by atoms with Gasteiger partial charge in [0.2, 0.25) is 1.43 Å². The molecule has 0 aromatic heterocycles. The van der Waals surface area contributed by atoms with Crippen molar-refractivity contribution in [3.8, 4) is 0 Å². The highest BCUT2D eigenvalue weighted by Crippen LogP contribution is 1.78. The molecule has 0 heterocycles. The average molecular weight is 84.2 g/mol. The molecule has 0 fully saturated rings. The SMILES string of the molecule is [2H]OC([2H])([2H])C([2H])([2H])C([2H])([2H])C([2H])([2H])[2H]. The highest BCUT2D eigenvalue weighted by molar-refractivity contribution is 4.23. The van der Waals surface area contributed by atoms with Crippen LogP contribution in [-0.2, 0) is 0 Å². The molecule has 0 unspecified atom stereocenters. The van der Waals surface area contributed by atoms with Gasteiger partial charge in [-0.15, -0.1) is 0 Å². The highest BCUT2D eigenvalue weighted by Gasteiger charge is 1.69. The summed E-state index contributed by atoms with van der Waals surface area (Å²) in [5, 5.41) is 3.40. The zero-order chi connectivity index (χ0) is 12.7. The first-order valence-corrected chi connectivity index (χ1v) is 0.954. The van der Waals surface area contributed by atoms with Crippen LogP contribution in [0.5, 0.6) is 0 Å². The second-order valence-corrected chi connectivity index (χ2v) is 0.352. The average Bonchev–Trinajstić information content (AvgIpc) is 2.01. The first kappa shape index (κ1) is 0.399. The van der Waals surface area contributed by atoms with Gasteiger partial charge in [-0.2, -0.15) is 0 Å². The molecule has 1 N–H and O–H groups in total. The quantitative estimate of drug-likeness (QED) is 0.535. The molecule has 5 heavy (non-hydrogen) atoms. The number of aliphatic hydroxyl groups is 1. The summed E-state index contributed by atoms with van der Waals surface area (Å²) in [7, 11) is 0. The number of hydrogen-bond donors (Lipinski definition) is 1. The molecule has 0 aliphatic heterocycles. The maximum Gasteiger partial charge on any atom is 0.210 e. The molecular formula is C4H10O. The predicted octanol–water partition coefficient (Wildman–Crippen LogP) is 0.779. The Kier molecular flexibility index (Phi) is 0.316. The van der Waals surface area contributed by atoms with Gasteiger partial charge in [0, 0.05) is 16.2 Å². The Labute approximate surface area is 46.8 Å². The number of hydrogen-bond acceptors (Lipinski definition) is 1. The summed E-state index contributed by atoms with van der Waals surface area (Å²) in [6.45, 7) is -6.72. The summed E-state index contributed by atoms with van der Waals surface area (Å²) in [5.74, 6) is 0. The monoisotopic (exact) mass is 84.1 g/mol. The van der Waals surface area contributed by atoms with Crippen LogP contribution in [0.25, 0.3) is 0 Å². The first-order chi connectivity index (χ1) is 6.31. The fraction of sp³-hybridized carbons (Fsp3) is 1.00. The minimum absolute atomic E-state index is 3.36. The minimum Gasteiger partial charge on any atom is -0.396 e. The second kappa shape index (κ2) is 3.96. The standard InChI is InChI=1S/C4H10O/c1-2-3-4-5/h5H,2-4H2,1H3/i1D3,2D2,3D2,4D2,5D. The van der Waals surface area contributed by atoms with E-state index in [0.29, 0.717) is 0 Å². The van der Waals surface area contributed by atoms with Crippen LogP contribution in [0.15, 0.2) is 0 Å². The molecule has 0 aromatic rings. The Hall–Kier alpha value is -0.0400. The molecule has 0 spiro atoms. The number of rotatable bonds is 3. The van der Waals surface area contributed by atoms with Gasteiger partial charge in [-0.3, -0.25) is 0 Å². The van der Waals surface area contributed by atoms with Crippen LogP contribution in [0.1, 0.15) is 31.9 Å². The van der Waals surface area contributed by atoms with Crippen LogP contribution in [-0.4, -0.2) is 13.1 Å². The highest BCUT2D eigenvalue weighted by atomic mass is 16.2.